The Hall–Kier alpha value is -3.24. The van der Waals surface area contributed by atoms with Gasteiger partial charge in [0.15, 0.2) is 0 Å². The minimum absolute atomic E-state index is 0.853. The second kappa shape index (κ2) is 11.7. The molecule has 0 aliphatic rings. The van der Waals surface area contributed by atoms with Crippen molar-refractivity contribution in [1.82, 2.24) is 0 Å². The highest BCUT2D eigenvalue weighted by atomic mass is 31.2. The Morgan fingerprint density at radius 3 is 1.17 bits per heavy atom. The first kappa shape index (κ1) is 24.5. The van der Waals surface area contributed by atoms with Crippen molar-refractivity contribution in [3.63, 3.8) is 0 Å². The summed E-state index contributed by atoms with van der Waals surface area (Å²) >= 11 is 0. The molecule has 178 valence electrons. The van der Waals surface area contributed by atoms with Crippen LogP contribution in [0.15, 0.2) is 140 Å². The number of aryl methyl sites for hydroxylation is 2. The summed E-state index contributed by atoms with van der Waals surface area (Å²) in [5.41, 5.74) is 4.10. The Balaban J connectivity index is 1.86. The van der Waals surface area contributed by atoms with E-state index in [0.717, 1.165) is 6.42 Å². The van der Waals surface area contributed by atoms with Crippen LogP contribution < -0.4 is 25.7 Å². The summed E-state index contributed by atoms with van der Waals surface area (Å²) < 4.78 is 2.80. The van der Waals surface area contributed by atoms with Crippen LogP contribution >= 0.6 is 16.1 Å². The van der Waals surface area contributed by atoms with E-state index in [1.165, 1.54) is 38.0 Å². The maximum Gasteiger partial charge on any atom is 0.0590 e. The molecule has 3 heteroatoms. The van der Waals surface area contributed by atoms with E-state index in [1.807, 2.05) is 0 Å². The number of nitrogens with zero attached hydrogens (tertiary/aromatic N) is 1. The minimum Gasteiger partial charge on any atom is -0.312 e. The van der Waals surface area contributed by atoms with E-state index < -0.39 is 16.1 Å². The molecule has 0 saturated carbocycles. The highest BCUT2D eigenvalue weighted by Gasteiger charge is 2.34. The Kier molecular flexibility index (Phi) is 7.92. The van der Waals surface area contributed by atoms with Crippen LogP contribution in [0.5, 0.6) is 0 Å². The molecule has 0 spiro atoms. The van der Waals surface area contributed by atoms with E-state index >= 15 is 0 Å². The number of hydrogen-bond acceptors (Lipinski definition) is 1. The zero-order valence-corrected chi connectivity index (χ0v) is 22.6. The molecule has 0 aromatic heterocycles. The smallest absolute Gasteiger partial charge is 0.0590 e. The summed E-state index contributed by atoms with van der Waals surface area (Å²) in [5.74, 6) is 0. The van der Waals surface area contributed by atoms with Crippen LogP contribution in [0.1, 0.15) is 18.1 Å². The molecule has 1 nitrogen and oxygen atoms in total. The molecule has 0 unspecified atom stereocenters. The van der Waals surface area contributed by atoms with Gasteiger partial charge in [-0.05, 0) is 24.5 Å². The Labute approximate surface area is 218 Å². The van der Waals surface area contributed by atoms with Gasteiger partial charge in [0.25, 0.3) is 0 Å². The molecule has 5 aromatic rings. The van der Waals surface area contributed by atoms with Crippen LogP contribution in [-0.4, -0.2) is 0 Å². The fraction of sp³-hybridized carbons (Fsp3) is 0.0909. The SMILES string of the molecule is CCc1cccc(C)c1N(P(c1ccccc1)c1ccccc1)P(c1ccccc1)c1ccccc1. The number of hydrogen-bond donors (Lipinski definition) is 0. The van der Waals surface area contributed by atoms with Gasteiger partial charge in [0.05, 0.1) is 21.8 Å². The maximum absolute atomic E-state index is 2.80. The van der Waals surface area contributed by atoms with Crippen LogP contribution in [0.25, 0.3) is 0 Å². The average molecular weight is 504 g/mol. The second-order valence-electron chi connectivity index (χ2n) is 8.69. The fourth-order valence-corrected chi connectivity index (χ4v) is 10.8. The van der Waals surface area contributed by atoms with Crippen LogP contribution in [0.4, 0.5) is 5.69 Å². The van der Waals surface area contributed by atoms with E-state index in [-0.39, 0.29) is 0 Å². The first-order valence-electron chi connectivity index (χ1n) is 12.5. The second-order valence-corrected chi connectivity index (χ2v) is 13.1. The van der Waals surface area contributed by atoms with Crippen molar-refractivity contribution in [2.45, 2.75) is 20.3 Å². The molecule has 0 heterocycles. The molecule has 0 radical (unpaired) electrons. The summed E-state index contributed by atoms with van der Waals surface area (Å²) in [6.45, 7) is 4.55. The van der Waals surface area contributed by atoms with Gasteiger partial charge in [0.1, 0.15) is 0 Å². The Morgan fingerprint density at radius 1 is 0.472 bits per heavy atom. The monoisotopic (exact) mass is 503 g/mol. The van der Waals surface area contributed by atoms with Crippen molar-refractivity contribution < 1.29 is 0 Å². The fourth-order valence-electron chi connectivity index (χ4n) is 4.59. The van der Waals surface area contributed by atoms with Crippen molar-refractivity contribution in [3.8, 4) is 0 Å². The summed E-state index contributed by atoms with van der Waals surface area (Å²) in [6, 6.07) is 51.1. The normalized spacial score (nSPS) is 11.1. The van der Waals surface area contributed by atoms with Gasteiger partial charge in [-0.2, -0.15) is 0 Å². The Morgan fingerprint density at radius 2 is 0.833 bits per heavy atom. The number of benzene rings is 5. The molecule has 0 saturated heterocycles. The van der Waals surface area contributed by atoms with Gasteiger partial charge >= 0.3 is 0 Å². The Bertz CT molecular complexity index is 1210. The van der Waals surface area contributed by atoms with Crippen LogP contribution in [0.2, 0.25) is 0 Å². The lowest BCUT2D eigenvalue weighted by Crippen LogP contribution is -2.32. The summed E-state index contributed by atoms with van der Waals surface area (Å²) in [4.78, 5) is 0. The van der Waals surface area contributed by atoms with Crippen molar-refractivity contribution in [3.05, 3.63) is 151 Å². The van der Waals surface area contributed by atoms with E-state index in [4.69, 9.17) is 0 Å². The molecule has 0 bridgehead atoms. The van der Waals surface area contributed by atoms with Crippen molar-refractivity contribution in [2.24, 2.45) is 0 Å². The molecule has 0 N–H and O–H groups in total. The largest absolute Gasteiger partial charge is 0.312 e. The van der Waals surface area contributed by atoms with Gasteiger partial charge in [0.2, 0.25) is 0 Å². The standard InChI is InChI=1S/C33H31NP2/c1-3-28-18-16-17-27(2)33(28)34(35(29-19-8-4-9-20-29)30-21-10-5-11-22-30)36(31-23-12-6-13-24-31)32-25-14-7-15-26-32/h4-26H,3H2,1-2H3. The lowest BCUT2D eigenvalue weighted by atomic mass is 10.1. The predicted molar refractivity (Wildman–Crippen MR) is 161 cm³/mol. The van der Waals surface area contributed by atoms with Gasteiger partial charge in [0, 0.05) is 21.2 Å². The molecule has 5 rings (SSSR count). The lowest BCUT2D eigenvalue weighted by Gasteiger charge is -2.42. The van der Waals surface area contributed by atoms with Gasteiger partial charge in [-0.3, -0.25) is 0 Å². The summed E-state index contributed by atoms with van der Waals surface area (Å²) in [5, 5.41) is 5.46. The van der Waals surface area contributed by atoms with Gasteiger partial charge in [-0.15, -0.1) is 0 Å². The molecule has 0 aliphatic carbocycles. The van der Waals surface area contributed by atoms with Crippen LogP contribution in [-0.2, 0) is 6.42 Å². The first-order valence-corrected chi connectivity index (χ1v) is 15.1. The quantitative estimate of drug-likeness (QED) is 0.199. The summed E-state index contributed by atoms with van der Waals surface area (Å²) in [7, 11) is -1.71. The molecule has 0 fully saturated rings. The topological polar surface area (TPSA) is 3.24 Å². The van der Waals surface area contributed by atoms with Gasteiger partial charge in [-0.25, -0.2) is 0 Å². The van der Waals surface area contributed by atoms with Gasteiger partial charge < -0.3 is 4.44 Å². The zero-order valence-electron chi connectivity index (χ0n) is 20.8. The van der Waals surface area contributed by atoms with Crippen LogP contribution in [0.3, 0.4) is 0 Å². The van der Waals surface area contributed by atoms with E-state index in [1.54, 1.807) is 0 Å². The zero-order chi connectivity index (χ0) is 24.7. The van der Waals surface area contributed by atoms with E-state index in [2.05, 4.69) is 158 Å². The average Bonchev–Trinajstić information content (AvgIpc) is 2.95. The van der Waals surface area contributed by atoms with Crippen molar-refractivity contribution >= 4 is 43.1 Å². The molecular formula is C33H31NP2. The van der Waals surface area contributed by atoms with Crippen LogP contribution in [0, 0.1) is 6.92 Å². The van der Waals surface area contributed by atoms with E-state index in [0.29, 0.717) is 0 Å². The van der Waals surface area contributed by atoms with Crippen molar-refractivity contribution in [1.29, 1.82) is 0 Å². The molecule has 0 amide bonds. The molecule has 0 aliphatic heterocycles. The molecule has 36 heavy (non-hydrogen) atoms. The maximum atomic E-state index is 2.80. The number of anilines is 1. The molecule has 5 aromatic carbocycles. The highest BCUT2D eigenvalue weighted by molar-refractivity contribution is 7.90. The molecular weight excluding hydrogens is 472 g/mol. The first-order chi connectivity index (χ1) is 17.8. The third kappa shape index (κ3) is 5.15. The lowest BCUT2D eigenvalue weighted by molar-refractivity contribution is 1.13. The number of para-hydroxylation sites is 1. The number of rotatable bonds is 8. The molecule has 0 atom stereocenters. The predicted octanol–water partition coefficient (Wildman–Crippen LogP) is 7.46. The highest BCUT2D eigenvalue weighted by Crippen LogP contribution is 2.58. The summed E-state index contributed by atoms with van der Waals surface area (Å²) in [6.07, 6.45) is 0.993. The van der Waals surface area contributed by atoms with Crippen molar-refractivity contribution in [2.75, 3.05) is 4.44 Å². The third-order valence-corrected chi connectivity index (χ3v) is 11.7. The third-order valence-electron chi connectivity index (χ3n) is 6.28. The van der Waals surface area contributed by atoms with E-state index in [9.17, 15) is 0 Å². The van der Waals surface area contributed by atoms with Gasteiger partial charge in [-0.1, -0.05) is 146 Å². The minimum atomic E-state index is -0.853.